The molecule has 4 saturated heterocycles. The van der Waals surface area contributed by atoms with Crippen molar-refractivity contribution in [3.63, 3.8) is 0 Å². The summed E-state index contributed by atoms with van der Waals surface area (Å²) in [6.45, 7) is 10.4. The number of nitrogen functional groups attached to an aromatic ring is 1. The van der Waals surface area contributed by atoms with Crippen molar-refractivity contribution in [3.05, 3.63) is 30.3 Å². The van der Waals surface area contributed by atoms with Gasteiger partial charge in [0.1, 0.15) is 11.4 Å². The van der Waals surface area contributed by atoms with Crippen LogP contribution in [0.3, 0.4) is 0 Å². The second-order valence-corrected chi connectivity index (χ2v) is 15.4. The van der Waals surface area contributed by atoms with E-state index < -0.39 is 5.60 Å². The molecule has 1 aromatic carbocycles. The molecule has 5 aliphatic rings. The standard InChI is InChI=1S/C36H51N7O5/c1-36(2,3)48-35(46)41-16-12-27(13-17-41)47-28-18-26(19-28)40-14-10-23(11-15-40)34(45)43-24-8-9-25(43)22-42(21-24)31-20-30(38-39-33(31)37)29-6-4-5-7-32(29)44/h4-7,20,23-28,44H,8-19,21-22H2,1-3H3,(H2,37,39)/t24?,25?,26-,28-. The van der Waals surface area contributed by atoms with Crippen molar-refractivity contribution in [2.45, 2.75) is 108 Å². The van der Waals surface area contributed by atoms with Crippen LogP contribution in [0.5, 0.6) is 5.75 Å². The monoisotopic (exact) mass is 661 g/mol. The van der Waals surface area contributed by atoms with Crippen molar-refractivity contribution < 1.29 is 24.2 Å². The van der Waals surface area contributed by atoms with Gasteiger partial charge in [-0.3, -0.25) is 4.79 Å². The average molecular weight is 662 g/mol. The van der Waals surface area contributed by atoms with E-state index in [-0.39, 0.29) is 35.9 Å². The van der Waals surface area contributed by atoms with Gasteiger partial charge in [0.25, 0.3) is 0 Å². The zero-order valence-corrected chi connectivity index (χ0v) is 28.6. The van der Waals surface area contributed by atoms with E-state index in [1.165, 1.54) is 0 Å². The van der Waals surface area contributed by atoms with Crippen molar-refractivity contribution in [2.24, 2.45) is 5.92 Å². The van der Waals surface area contributed by atoms with Gasteiger partial charge in [-0.05, 0) is 103 Å². The highest BCUT2D eigenvalue weighted by Gasteiger charge is 2.46. The molecule has 2 atom stereocenters. The molecule has 48 heavy (non-hydrogen) atoms. The largest absolute Gasteiger partial charge is 0.507 e. The molecule has 0 radical (unpaired) electrons. The minimum atomic E-state index is -0.474. The number of phenols is 1. The van der Waals surface area contributed by atoms with E-state index in [4.69, 9.17) is 15.2 Å². The number of aromatic hydroxyl groups is 1. The van der Waals surface area contributed by atoms with Gasteiger partial charge in [0.05, 0.1) is 23.6 Å². The summed E-state index contributed by atoms with van der Waals surface area (Å²) in [5.41, 5.74) is 7.86. The normalized spacial score (nSPS) is 27.2. The maximum Gasteiger partial charge on any atom is 0.410 e. The second-order valence-electron chi connectivity index (χ2n) is 15.4. The average Bonchev–Trinajstić information content (AvgIpc) is 3.31. The first-order chi connectivity index (χ1) is 23.0. The number of aromatic nitrogens is 2. The fourth-order valence-corrected chi connectivity index (χ4v) is 8.37. The van der Waals surface area contributed by atoms with E-state index in [9.17, 15) is 14.7 Å². The van der Waals surface area contributed by atoms with Crippen LogP contribution in [0.2, 0.25) is 0 Å². The molecule has 7 rings (SSSR count). The number of nitrogens with zero attached hydrogens (tertiary/aromatic N) is 6. The van der Waals surface area contributed by atoms with Crippen LogP contribution >= 0.6 is 0 Å². The molecule has 0 spiro atoms. The fraction of sp³-hybridized carbons (Fsp3) is 0.667. The number of carbonyl (C=O) groups excluding carboxylic acids is 2. The van der Waals surface area contributed by atoms with Gasteiger partial charge in [0, 0.05) is 55.8 Å². The lowest BCUT2D eigenvalue weighted by molar-refractivity contribution is -0.142. The molecule has 3 N–H and O–H groups in total. The molecule has 5 heterocycles. The van der Waals surface area contributed by atoms with Crippen LogP contribution in [0.25, 0.3) is 11.3 Å². The fourth-order valence-electron chi connectivity index (χ4n) is 8.37. The van der Waals surface area contributed by atoms with E-state index in [2.05, 4.69) is 24.9 Å². The summed E-state index contributed by atoms with van der Waals surface area (Å²) in [5.74, 6) is 0.931. The van der Waals surface area contributed by atoms with Crippen molar-refractivity contribution in [3.8, 4) is 17.0 Å². The molecule has 260 valence electrons. The number of anilines is 2. The minimum absolute atomic E-state index is 0.0819. The third-order valence-electron chi connectivity index (χ3n) is 11.0. The topological polar surface area (TPSA) is 138 Å². The predicted molar refractivity (Wildman–Crippen MR) is 182 cm³/mol. The van der Waals surface area contributed by atoms with Gasteiger partial charge in [0.15, 0.2) is 5.82 Å². The van der Waals surface area contributed by atoms with Crippen LogP contribution in [-0.4, -0.2) is 117 Å². The number of benzene rings is 1. The van der Waals surface area contributed by atoms with E-state index in [0.717, 1.165) is 83.2 Å². The third kappa shape index (κ3) is 6.92. The van der Waals surface area contributed by atoms with Crippen LogP contribution in [-0.2, 0) is 14.3 Å². The number of carbonyl (C=O) groups is 2. The molecule has 12 heteroatoms. The Balaban J connectivity index is 0.860. The Kier molecular flexibility index (Phi) is 9.14. The van der Waals surface area contributed by atoms with Crippen molar-refractivity contribution in [2.75, 3.05) is 49.9 Å². The maximum atomic E-state index is 13.9. The highest BCUT2D eigenvalue weighted by Crippen LogP contribution is 2.39. The van der Waals surface area contributed by atoms with Gasteiger partial charge in [-0.2, -0.15) is 0 Å². The van der Waals surface area contributed by atoms with Crippen LogP contribution < -0.4 is 10.6 Å². The lowest BCUT2D eigenvalue weighted by Gasteiger charge is -2.48. The Morgan fingerprint density at radius 2 is 1.54 bits per heavy atom. The van der Waals surface area contributed by atoms with Gasteiger partial charge in [-0.1, -0.05) is 12.1 Å². The summed E-state index contributed by atoms with van der Waals surface area (Å²) in [5, 5.41) is 18.8. The molecule has 12 nitrogen and oxygen atoms in total. The summed E-state index contributed by atoms with van der Waals surface area (Å²) >= 11 is 0. The smallest absolute Gasteiger partial charge is 0.410 e. The van der Waals surface area contributed by atoms with Crippen LogP contribution in [0.4, 0.5) is 16.3 Å². The molecule has 1 aromatic heterocycles. The summed E-state index contributed by atoms with van der Waals surface area (Å²) in [6, 6.07) is 9.88. The van der Waals surface area contributed by atoms with Gasteiger partial charge < -0.3 is 39.9 Å². The van der Waals surface area contributed by atoms with Crippen LogP contribution in [0.1, 0.15) is 72.1 Å². The summed E-state index contributed by atoms with van der Waals surface area (Å²) in [4.78, 5) is 35.1. The van der Waals surface area contributed by atoms with Gasteiger partial charge in [-0.15, -0.1) is 10.2 Å². The number of para-hydroxylation sites is 1. The first-order valence-electron chi connectivity index (χ1n) is 17.9. The maximum absolute atomic E-state index is 13.9. The molecule has 1 aliphatic carbocycles. The number of amides is 2. The molecular weight excluding hydrogens is 610 g/mol. The Morgan fingerprint density at radius 3 is 2.19 bits per heavy atom. The SMILES string of the molecule is CC(C)(C)OC(=O)N1CCC(O[C@H]2C[C@H](N3CCC(C(=O)N4C5CCC4CN(c4cc(-c6ccccc6O)nnc4N)C5)CC3)C2)CC1. The number of piperidine rings is 2. The van der Waals surface area contributed by atoms with Crippen molar-refractivity contribution in [1.82, 2.24) is 24.9 Å². The lowest BCUT2D eigenvalue weighted by Crippen LogP contribution is -2.58. The number of piperazine rings is 1. The number of fused-ring (bicyclic) bond motifs is 2. The Bertz CT molecular complexity index is 1460. The molecule has 2 unspecified atom stereocenters. The van der Waals surface area contributed by atoms with Crippen molar-refractivity contribution in [1.29, 1.82) is 0 Å². The number of ether oxygens (including phenoxy) is 2. The highest BCUT2D eigenvalue weighted by atomic mass is 16.6. The second kappa shape index (κ2) is 13.3. The predicted octanol–water partition coefficient (Wildman–Crippen LogP) is 4.27. The molecule has 2 amide bonds. The van der Waals surface area contributed by atoms with Crippen LogP contribution in [0.15, 0.2) is 30.3 Å². The Labute approximate surface area is 283 Å². The molecule has 1 saturated carbocycles. The molecule has 4 aliphatic heterocycles. The minimum Gasteiger partial charge on any atom is -0.507 e. The zero-order valence-electron chi connectivity index (χ0n) is 28.6. The molecule has 5 fully saturated rings. The molecular formula is C36H51N7O5. The first kappa shape index (κ1) is 32.9. The van der Waals surface area contributed by atoms with E-state index in [1.807, 2.05) is 39.0 Å². The van der Waals surface area contributed by atoms with Gasteiger partial charge >= 0.3 is 6.09 Å². The number of likely N-dealkylation sites (tertiary alicyclic amines) is 2. The van der Waals surface area contributed by atoms with E-state index in [0.29, 0.717) is 48.2 Å². The van der Waals surface area contributed by atoms with Gasteiger partial charge in [-0.25, -0.2) is 4.79 Å². The summed E-state index contributed by atoms with van der Waals surface area (Å²) in [7, 11) is 0. The van der Waals surface area contributed by atoms with Crippen LogP contribution in [0, 0.1) is 5.92 Å². The van der Waals surface area contributed by atoms with Crippen molar-refractivity contribution >= 4 is 23.5 Å². The van der Waals surface area contributed by atoms with E-state index >= 15 is 0 Å². The van der Waals surface area contributed by atoms with E-state index in [1.54, 1.807) is 17.0 Å². The number of phenolic OH excluding ortho intramolecular Hbond substituents is 1. The lowest BCUT2D eigenvalue weighted by atomic mass is 9.84. The Hall–Kier alpha value is -3.64. The zero-order chi connectivity index (χ0) is 33.6. The third-order valence-corrected chi connectivity index (χ3v) is 11.0. The number of nitrogens with two attached hydrogens (primary N) is 1. The van der Waals surface area contributed by atoms with Gasteiger partial charge in [0.2, 0.25) is 5.91 Å². The molecule has 2 aromatic rings. The molecule has 2 bridgehead atoms. The number of hydrogen-bond donors (Lipinski definition) is 2. The summed E-state index contributed by atoms with van der Waals surface area (Å²) < 4.78 is 12.0. The number of hydrogen-bond acceptors (Lipinski definition) is 10. The Morgan fingerprint density at radius 1 is 0.875 bits per heavy atom. The first-order valence-corrected chi connectivity index (χ1v) is 17.9. The number of rotatable bonds is 6. The highest BCUT2D eigenvalue weighted by molar-refractivity contribution is 5.81. The quantitative estimate of drug-likeness (QED) is 0.462. The summed E-state index contributed by atoms with van der Waals surface area (Å²) in [6.07, 6.45) is 7.91.